The van der Waals surface area contributed by atoms with Gasteiger partial charge in [0.2, 0.25) is 5.91 Å². The average molecular weight is 271 g/mol. The van der Waals surface area contributed by atoms with Crippen LogP contribution in [0.15, 0.2) is 42.7 Å². The molecule has 1 N–H and O–H groups in total. The predicted octanol–water partition coefficient (Wildman–Crippen LogP) is 2.51. The number of benzene rings is 1. The van der Waals surface area contributed by atoms with Crippen LogP contribution in [0.2, 0.25) is 0 Å². The van der Waals surface area contributed by atoms with Gasteiger partial charge in [0.05, 0.1) is 24.2 Å². The Morgan fingerprint density at radius 3 is 2.45 bits per heavy atom. The van der Waals surface area contributed by atoms with Gasteiger partial charge in [0.15, 0.2) is 5.82 Å². The summed E-state index contributed by atoms with van der Waals surface area (Å²) in [5.41, 5.74) is 1.50. The Kier molecular flexibility index (Phi) is 4.79. The Hall–Kier alpha value is -2.27. The van der Waals surface area contributed by atoms with Crippen LogP contribution in [0.1, 0.15) is 13.8 Å². The Labute approximate surface area is 118 Å². The van der Waals surface area contributed by atoms with Crippen LogP contribution in [-0.2, 0) is 9.53 Å². The molecule has 104 valence electrons. The fraction of sp³-hybridized carbons (Fsp3) is 0.267. The lowest BCUT2D eigenvalue weighted by Gasteiger charge is -2.08. The van der Waals surface area contributed by atoms with Gasteiger partial charge in [-0.15, -0.1) is 0 Å². The van der Waals surface area contributed by atoms with Gasteiger partial charge in [-0.25, -0.2) is 9.97 Å². The van der Waals surface area contributed by atoms with Crippen LogP contribution in [0, 0.1) is 0 Å². The molecule has 0 aliphatic heterocycles. The number of hydrogen-bond acceptors (Lipinski definition) is 4. The number of rotatable bonds is 5. The lowest BCUT2D eigenvalue weighted by Crippen LogP contribution is -2.20. The number of nitrogens with zero attached hydrogens (tertiary/aromatic N) is 2. The maximum atomic E-state index is 11.6. The minimum atomic E-state index is -0.213. The molecule has 1 amide bonds. The van der Waals surface area contributed by atoms with Crippen LogP contribution in [0.3, 0.4) is 0 Å². The molecule has 20 heavy (non-hydrogen) atoms. The van der Waals surface area contributed by atoms with E-state index in [1.54, 1.807) is 12.4 Å². The summed E-state index contributed by atoms with van der Waals surface area (Å²) in [6, 6.07) is 9.66. The summed E-state index contributed by atoms with van der Waals surface area (Å²) >= 11 is 0. The first-order valence-electron chi connectivity index (χ1n) is 6.44. The molecule has 0 atom stereocenters. The van der Waals surface area contributed by atoms with Crippen molar-refractivity contribution in [3.8, 4) is 11.4 Å². The second-order valence-corrected chi connectivity index (χ2v) is 4.57. The van der Waals surface area contributed by atoms with Crippen LogP contribution < -0.4 is 5.32 Å². The smallest absolute Gasteiger partial charge is 0.250 e. The number of carbonyl (C=O) groups is 1. The molecule has 5 heteroatoms. The molecule has 1 aromatic carbocycles. The van der Waals surface area contributed by atoms with Crippen molar-refractivity contribution in [1.82, 2.24) is 9.97 Å². The highest BCUT2D eigenvalue weighted by atomic mass is 16.5. The van der Waals surface area contributed by atoms with E-state index in [0.717, 1.165) is 5.56 Å². The number of amides is 1. The molecule has 0 fully saturated rings. The minimum absolute atomic E-state index is 0.0254. The van der Waals surface area contributed by atoms with Gasteiger partial charge < -0.3 is 10.1 Å². The quantitative estimate of drug-likeness (QED) is 0.907. The fourth-order valence-electron chi connectivity index (χ4n) is 1.57. The van der Waals surface area contributed by atoms with Crippen molar-refractivity contribution in [3.63, 3.8) is 0 Å². The molecule has 1 aromatic heterocycles. The van der Waals surface area contributed by atoms with Gasteiger partial charge in [-0.2, -0.15) is 0 Å². The Morgan fingerprint density at radius 1 is 1.20 bits per heavy atom. The molecule has 0 saturated heterocycles. The Morgan fingerprint density at radius 2 is 1.85 bits per heavy atom. The second kappa shape index (κ2) is 6.77. The van der Waals surface area contributed by atoms with E-state index in [-0.39, 0.29) is 18.6 Å². The normalized spacial score (nSPS) is 10.6. The summed E-state index contributed by atoms with van der Waals surface area (Å²) in [7, 11) is 0. The number of anilines is 1. The van der Waals surface area contributed by atoms with E-state index < -0.39 is 0 Å². The average Bonchev–Trinajstić information content (AvgIpc) is 2.47. The van der Waals surface area contributed by atoms with Gasteiger partial charge in [-0.3, -0.25) is 4.79 Å². The monoisotopic (exact) mass is 271 g/mol. The molecule has 1 heterocycles. The van der Waals surface area contributed by atoms with Crippen molar-refractivity contribution in [1.29, 1.82) is 0 Å². The number of nitrogens with one attached hydrogen (secondary N) is 1. The van der Waals surface area contributed by atoms with E-state index in [4.69, 9.17) is 4.74 Å². The van der Waals surface area contributed by atoms with E-state index >= 15 is 0 Å². The molecule has 0 bridgehead atoms. The van der Waals surface area contributed by atoms with Crippen molar-refractivity contribution in [3.05, 3.63) is 42.7 Å². The van der Waals surface area contributed by atoms with Gasteiger partial charge in [0.1, 0.15) is 6.61 Å². The van der Waals surface area contributed by atoms with E-state index in [0.29, 0.717) is 11.5 Å². The summed E-state index contributed by atoms with van der Waals surface area (Å²) in [6.45, 7) is 3.79. The predicted molar refractivity (Wildman–Crippen MR) is 77.2 cm³/mol. The zero-order valence-electron chi connectivity index (χ0n) is 11.5. The lowest BCUT2D eigenvalue weighted by atomic mass is 10.2. The van der Waals surface area contributed by atoms with E-state index in [1.165, 1.54) is 0 Å². The van der Waals surface area contributed by atoms with Crippen LogP contribution in [-0.4, -0.2) is 28.6 Å². The van der Waals surface area contributed by atoms with E-state index in [9.17, 15) is 4.79 Å². The van der Waals surface area contributed by atoms with Crippen LogP contribution in [0.4, 0.5) is 5.69 Å². The number of carbonyl (C=O) groups excluding carboxylic acids is 1. The first kappa shape index (κ1) is 14.1. The highest BCUT2D eigenvalue weighted by Crippen LogP contribution is 2.14. The zero-order chi connectivity index (χ0) is 14.4. The largest absolute Gasteiger partial charge is 0.369 e. The standard InChI is InChI=1S/C15H17N3O2/c1-11(2)20-10-14(19)18-13-8-16-15(17-9-13)12-6-4-3-5-7-12/h3-9,11H,10H2,1-2H3,(H,18,19). The number of hydrogen-bond donors (Lipinski definition) is 1. The molecule has 2 rings (SSSR count). The van der Waals surface area contributed by atoms with E-state index in [1.807, 2.05) is 44.2 Å². The van der Waals surface area contributed by atoms with Gasteiger partial charge in [-0.1, -0.05) is 30.3 Å². The van der Waals surface area contributed by atoms with E-state index in [2.05, 4.69) is 15.3 Å². The van der Waals surface area contributed by atoms with Gasteiger partial charge >= 0.3 is 0 Å². The molecule has 5 nitrogen and oxygen atoms in total. The fourth-order valence-corrected chi connectivity index (χ4v) is 1.57. The SMILES string of the molecule is CC(C)OCC(=O)Nc1cnc(-c2ccccc2)nc1. The van der Waals surface area contributed by atoms with Crippen molar-refractivity contribution in [2.75, 3.05) is 11.9 Å². The van der Waals surface area contributed by atoms with Crippen molar-refractivity contribution in [2.45, 2.75) is 20.0 Å². The topological polar surface area (TPSA) is 64.1 Å². The van der Waals surface area contributed by atoms with Crippen LogP contribution in [0.5, 0.6) is 0 Å². The summed E-state index contributed by atoms with van der Waals surface area (Å²) in [6.07, 6.45) is 3.20. The first-order chi connectivity index (χ1) is 9.65. The van der Waals surface area contributed by atoms with Gasteiger partial charge in [-0.05, 0) is 13.8 Å². The molecule has 0 unspecified atom stereocenters. The lowest BCUT2D eigenvalue weighted by molar-refractivity contribution is -0.121. The molecule has 0 radical (unpaired) electrons. The molecule has 0 aliphatic carbocycles. The maximum Gasteiger partial charge on any atom is 0.250 e. The molecule has 0 aliphatic rings. The summed E-state index contributed by atoms with van der Waals surface area (Å²) < 4.78 is 5.22. The summed E-state index contributed by atoms with van der Waals surface area (Å²) in [5, 5.41) is 2.69. The summed E-state index contributed by atoms with van der Waals surface area (Å²) in [5.74, 6) is 0.414. The number of aromatic nitrogens is 2. The maximum absolute atomic E-state index is 11.6. The highest BCUT2D eigenvalue weighted by Gasteiger charge is 2.05. The minimum Gasteiger partial charge on any atom is -0.369 e. The van der Waals surface area contributed by atoms with Crippen LogP contribution in [0.25, 0.3) is 11.4 Å². The molecule has 0 saturated carbocycles. The number of ether oxygens (including phenoxy) is 1. The molecular formula is C15H17N3O2. The van der Waals surface area contributed by atoms with Crippen molar-refractivity contribution < 1.29 is 9.53 Å². The van der Waals surface area contributed by atoms with Crippen molar-refractivity contribution in [2.24, 2.45) is 0 Å². The van der Waals surface area contributed by atoms with Gasteiger partial charge in [0.25, 0.3) is 0 Å². The Bertz CT molecular complexity index is 553. The summed E-state index contributed by atoms with van der Waals surface area (Å²) in [4.78, 5) is 20.0. The third kappa shape index (κ3) is 4.13. The third-order valence-corrected chi connectivity index (χ3v) is 2.52. The second-order valence-electron chi connectivity index (χ2n) is 4.57. The van der Waals surface area contributed by atoms with Crippen molar-refractivity contribution >= 4 is 11.6 Å². The Balaban J connectivity index is 1.97. The van der Waals surface area contributed by atoms with Crippen LogP contribution >= 0.6 is 0 Å². The highest BCUT2D eigenvalue weighted by molar-refractivity contribution is 5.91. The van der Waals surface area contributed by atoms with Gasteiger partial charge in [0, 0.05) is 5.56 Å². The third-order valence-electron chi connectivity index (χ3n) is 2.52. The molecular weight excluding hydrogens is 254 g/mol. The molecule has 2 aromatic rings. The zero-order valence-corrected chi connectivity index (χ0v) is 11.5. The first-order valence-corrected chi connectivity index (χ1v) is 6.44. The molecule has 0 spiro atoms.